The molecule has 0 amide bonds. The molecule has 7 heteroatoms. The lowest BCUT2D eigenvalue weighted by molar-refractivity contribution is -0.149. The number of hydrogen-bond acceptors (Lipinski definition) is 6. The number of esters is 1. The molecule has 1 aromatic heterocycles. The third kappa shape index (κ3) is 4.71. The third-order valence-corrected chi connectivity index (χ3v) is 5.50. The summed E-state index contributed by atoms with van der Waals surface area (Å²) in [6.07, 6.45) is 2.43. The predicted octanol–water partition coefficient (Wildman–Crippen LogP) is 4.94. The van der Waals surface area contributed by atoms with E-state index in [4.69, 9.17) is 9.26 Å². The molecule has 160 valence electrons. The fourth-order valence-corrected chi connectivity index (χ4v) is 3.66. The minimum atomic E-state index is -0.779. The van der Waals surface area contributed by atoms with Crippen LogP contribution in [0.5, 0.6) is 0 Å². The van der Waals surface area contributed by atoms with Gasteiger partial charge in [0.1, 0.15) is 5.82 Å². The van der Waals surface area contributed by atoms with Gasteiger partial charge in [-0.3, -0.25) is 9.59 Å². The van der Waals surface area contributed by atoms with Gasteiger partial charge < -0.3 is 9.26 Å². The number of benzene rings is 2. The molecule has 3 aromatic rings. The van der Waals surface area contributed by atoms with Crippen LogP contribution in [0.15, 0.2) is 40.9 Å². The molecule has 4 rings (SSSR count). The van der Waals surface area contributed by atoms with Crippen molar-refractivity contribution in [2.24, 2.45) is 0 Å². The lowest BCUT2D eigenvalue weighted by Gasteiger charge is -2.09. The van der Waals surface area contributed by atoms with Crippen LogP contribution in [0.25, 0.3) is 11.4 Å². The van der Waals surface area contributed by atoms with Crippen LogP contribution in [0.1, 0.15) is 65.2 Å². The van der Waals surface area contributed by atoms with E-state index in [2.05, 4.69) is 10.1 Å². The van der Waals surface area contributed by atoms with Gasteiger partial charge in [0.05, 0.1) is 6.42 Å². The zero-order valence-electron chi connectivity index (χ0n) is 17.5. The van der Waals surface area contributed by atoms with Gasteiger partial charge in [0.2, 0.25) is 5.82 Å². The Morgan fingerprint density at radius 3 is 2.74 bits per heavy atom. The summed E-state index contributed by atoms with van der Waals surface area (Å²) in [5, 5.41) is 3.83. The highest BCUT2D eigenvalue weighted by Crippen LogP contribution is 2.25. The molecule has 1 heterocycles. The number of ether oxygens (including phenoxy) is 1. The average Bonchev–Trinajstić information content (AvgIpc) is 3.43. The monoisotopic (exact) mass is 422 g/mol. The SMILES string of the molecule is Cc1ccc(-c2noc(C(C)OC(=O)CCC(=O)c3ccc4c(c3)CCC4)n2)cc1F. The summed E-state index contributed by atoms with van der Waals surface area (Å²) in [6, 6.07) is 10.4. The zero-order valence-corrected chi connectivity index (χ0v) is 17.5. The van der Waals surface area contributed by atoms with Gasteiger partial charge in [-0.05, 0) is 61.9 Å². The van der Waals surface area contributed by atoms with Crippen molar-refractivity contribution in [2.75, 3.05) is 0 Å². The predicted molar refractivity (Wildman–Crippen MR) is 111 cm³/mol. The molecule has 1 aliphatic carbocycles. The van der Waals surface area contributed by atoms with E-state index in [1.807, 2.05) is 18.2 Å². The van der Waals surface area contributed by atoms with Gasteiger partial charge in [-0.15, -0.1) is 0 Å². The number of halogens is 1. The second-order valence-electron chi connectivity index (χ2n) is 7.81. The van der Waals surface area contributed by atoms with Gasteiger partial charge in [-0.25, -0.2) is 4.39 Å². The van der Waals surface area contributed by atoms with E-state index >= 15 is 0 Å². The van der Waals surface area contributed by atoms with Crippen molar-refractivity contribution in [2.45, 2.75) is 52.1 Å². The number of Topliss-reactive ketones (excluding diaryl/α,β-unsaturated/α-hetero) is 1. The molecule has 1 unspecified atom stereocenters. The fourth-order valence-electron chi connectivity index (χ4n) is 3.66. The minimum Gasteiger partial charge on any atom is -0.453 e. The van der Waals surface area contributed by atoms with Crippen LogP contribution < -0.4 is 0 Å². The number of carbonyl (C=O) groups excluding carboxylic acids is 2. The van der Waals surface area contributed by atoms with E-state index in [1.165, 1.54) is 17.2 Å². The number of ketones is 1. The Balaban J connectivity index is 1.32. The van der Waals surface area contributed by atoms with Crippen LogP contribution in [0.2, 0.25) is 0 Å². The van der Waals surface area contributed by atoms with Crippen LogP contribution in [0.4, 0.5) is 4.39 Å². The first-order chi connectivity index (χ1) is 14.9. The number of nitrogens with zero attached hydrogens (tertiary/aromatic N) is 2. The van der Waals surface area contributed by atoms with E-state index in [0.717, 1.165) is 19.3 Å². The van der Waals surface area contributed by atoms with Gasteiger partial charge in [0.25, 0.3) is 5.89 Å². The van der Waals surface area contributed by atoms with Gasteiger partial charge in [0, 0.05) is 17.5 Å². The summed E-state index contributed by atoms with van der Waals surface area (Å²) in [5.74, 6) is -0.654. The maximum absolute atomic E-state index is 13.8. The van der Waals surface area contributed by atoms with Gasteiger partial charge >= 0.3 is 5.97 Å². The molecule has 6 nitrogen and oxygen atoms in total. The number of rotatable bonds is 7. The molecule has 31 heavy (non-hydrogen) atoms. The smallest absolute Gasteiger partial charge is 0.307 e. The second-order valence-corrected chi connectivity index (χ2v) is 7.81. The first kappa shape index (κ1) is 20.9. The van der Waals surface area contributed by atoms with Crippen molar-refractivity contribution < 1.29 is 23.2 Å². The van der Waals surface area contributed by atoms with Crippen molar-refractivity contribution in [1.82, 2.24) is 10.1 Å². The Hall–Kier alpha value is -3.35. The van der Waals surface area contributed by atoms with E-state index in [0.29, 0.717) is 16.7 Å². The molecule has 0 aliphatic heterocycles. The molecule has 1 atom stereocenters. The van der Waals surface area contributed by atoms with Gasteiger partial charge in [-0.2, -0.15) is 4.98 Å². The molecule has 0 bridgehead atoms. The van der Waals surface area contributed by atoms with Crippen LogP contribution >= 0.6 is 0 Å². The number of aromatic nitrogens is 2. The van der Waals surface area contributed by atoms with Crippen molar-refractivity contribution >= 4 is 11.8 Å². The lowest BCUT2D eigenvalue weighted by atomic mass is 10.0. The molecule has 1 aliphatic rings. The van der Waals surface area contributed by atoms with E-state index < -0.39 is 12.1 Å². The Morgan fingerprint density at radius 2 is 1.94 bits per heavy atom. The summed E-state index contributed by atoms with van der Waals surface area (Å²) >= 11 is 0. The Morgan fingerprint density at radius 1 is 1.13 bits per heavy atom. The van der Waals surface area contributed by atoms with Crippen molar-refractivity contribution in [1.29, 1.82) is 0 Å². The molecule has 0 saturated heterocycles. The largest absolute Gasteiger partial charge is 0.453 e. The summed E-state index contributed by atoms with van der Waals surface area (Å²) in [7, 11) is 0. The highest BCUT2D eigenvalue weighted by Gasteiger charge is 2.21. The quantitative estimate of drug-likeness (QED) is 0.396. The Bertz CT molecular complexity index is 1140. The summed E-state index contributed by atoms with van der Waals surface area (Å²) in [4.78, 5) is 28.8. The van der Waals surface area contributed by atoms with Crippen LogP contribution in [-0.4, -0.2) is 21.9 Å². The Kier molecular flexibility index (Phi) is 5.93. The summed E-state index contributed by atoms with van der Waals surface area (Å²) in [6.45, 7) is 3.27. The maximum Gasteiger partial charge on any atom is 0.307 e. The molecule has 0 radical (unpaired) electrons. The highest BCUT2D eigenvalue weighted by molar-refractivity contribution is 5.97. The number of aryl methyl sites for hydroxylation is 3. The maximum atomic E-state index is 13.8. The van der Waals surface area contributed by atoms with Crippen molar-refractivity contribution in [3.63, 3.8) is 0 Å². The molecule has 0 N–H and O–H groups in total. The minimum absolute atomic E-state index is 0.0373. The fraction of sp³-hybridized carbons (Fsp3) is 0.333. The average molecular weight is 422 g/mol. The van der Waals surface area contributed by atoms with Crippen molar-refractivity contribution in [3.05, 3.63) is 70.4 Å². The second kappa shape index (κ2) is 8.79. The topological polar surface area (TPSA) is 82.3 Å². The normalized spacial score (nSPS) is 13.6. The molecule has 0 spiro atoms. The van der Waals surface area contributed by atoms with Crippen LogP contribution in [-0.2, 0) is 22.4 Å². The first-order valence-electron chi connectivity index (χ1n) is 10.4. The summed E-state index contributed by atoms with van der Waals surface area (Å²) < 4.78 is 24.2. The zero-order chi connectivity index (χ0) is 22.0. The molecule has 0 saturated carbocycles. The van der Waals surface area contributed by atoms with E-state index in [1.54, 1.807) is 26.0 Å². The van der Waals surface area contributed by atoms with E-state index in [9.17, 15) is 14.0 Å². The standard InChI is InChI=1S/C24H23FN2O4/c1-14-6-7-19(13-20(14)25)23-26-24(31-27-23)15(2)30-22(29)11-10-21(28)18-9-8-16-4-3-5-17(16)12-18/h6-9,12-13,15H,3-5,10-11H2,1-2H3. The van der Waals surface area contributed by atoms with Gasteiger partial charge in [0.15, 0.2) is 11.9 Å². The third-order valence-electron chi connectivity index (χ3n) is 5.50. The highest BCUT2D eigenvalue weighted by atomic mass is 19.1. The number of carbonyl (C=O) groups is 2. The van der Waals surface area contributed by atoms with E-state index in [-0.39, 0.29) is 36.2 Å². The van der Waals surface area contributed by atoms with Crippen molar-refractivity contribution in [3.8, 4) is 11.4 Å². The molecular formula is C24H23FN2O4. The lowest BCUT2D eigenvalue weighted by Crippen LogP contribution is -2.11. The first-order valence-corrected chi connectivity index (χ1v) is 10.4. The Labute approximate surface area is 179 Å². The summed E-state index contributed by atoms with van der Waals surface area (Å²) in [5.41, 5.74) is 4.15. The molecular weight excluding hydrogens is 399 g/mol. The molecule has 2 aromatic carbocycles. The number of fused-ring (bicyclic) bond motifs is 1. The van der Waals surface area contributed by atoms with Crippen LogP contribution in [0, 0.1) is 12.7 Å². The van der Waals surface area contributed by atoms with Crippen LogP contribution in [0.3, 0.4) is 0 Å². The molecule has 0 fully saturated rings. The number of hydrogen-bond donors (Lipinski definition) is 0. The van der Waals surface area contributed by atoms with Gasteiger partial charge in [-0.1, -0.05) is 29.4 Å².